The lowest BCUT2D eigenvalue weighted by atomic mass is 9.90. The molecule has 1 atom stereocenters. The van der Waals surface area contributed by atoms with E-state index in [1.807, 2.05) is 22.7 Å². The lowest BCUT2D eigenvalue weighted by molar-refractivity contribution is -0.132. The molecule has 1 aromatic heterocycles. The molecule has 1 aromatic carbocycles. The molecule has 1 fully saturated rings. The van der Waals surface area contributed by atoms with Gasteiger partial charge in [-0.25, -0.2) is 4.98 Å². The third-order valence-corrected chi connectivity index (χ3v) is 5.13. The van der Waals surface area contributed by atoms with E-state index in [9.17, 15) is 15.0 Å². The lowest BCUT2D eigenvalue weighted by Crippen LogP contribution is -2.40. The second-order valence-electron chi connectivity index (χ2n) is 6.52. The highest BCUT2D eigenvalue weighted by Gasteiger charge is 2.30. The van der Waals surface area contributed by atoms with Crippen molar-refractivity contribution in [3.63, 3.8) is 0 Å². The van der Waals surface area contributed by atoms with Crippen LogP contribution in [0.2, 0.25) is 5.02 Å². The quantitative estimate of drug-likeness (QED) is 0.873. The standard InChI is InChI=1S/C18H22ClN3O3/c1-21-9-6-20-18(21)17(25)13-4-7-22(8-5-13)16(24)11-12-2-3-15(23)14(19)10-12/h2-3,6,9-10,13,17,23,25H,4-5,7-8,11H2,1H3/t17-/m1/s1. The fraction of sp³-hybridized carbons (Fsp3) is 0.444. The van der Waals surface area contributed by atoms with E-state index < -0.39 is 6.10 Å². The molecule has 0 unspecified atom stereocenters. The van der Waals surface area contributed by atoms with E-state index in [1.165, 1.54) is 6.07 Å². The number of aliphatic hydroxyl groups is 1. The first kappa shape index (κ1) is 17.8. The number of aliphatic hydroxyl groups excluding tert-OH is 1. The van der Waals surface area contributed by atoms with E-state index in [4.69, 9.17) is 11.6 Å². The fourth-order valence-corrected chi connectivity index (χ4v) is 3.49. The van der Waals surface area contributed by atoms with Crippen molar-refractivity contribution < 1.29 is 15.0 Å². The summed E-state index contributed by atoms with van der Waals surface area (Å²) in [5.41, 5.74) is 0.781. The number of amides is 1. The second kappa shape index (κ2) is 7.45. The highest BCUT2D eigenvalue weighted by Crippen LogP contribution is 2.30. The molecule has 7 heteroatoms. The number of imidazole rings is 1. The largest absolute Gasteiger partial charge is 0.506 e. The van der Waals surface area contributed by atoms with Gasteiger partial charge in [0.25, 0.3) is 0 Å². The van der Waals surface area contributed by atoms with Gasteiger partial charge >= 0.3 is 0 Å². The van der Waals surface area contributed by atoms with E-state index >= 15 is 0 Å². The summed E-state index contributed by atoms with van der Waals surface area (Å²) in [6.45, 7) is 1.24. The summed E-state index contributed by atoms with van der Waals surface area (Å²) in [7, 11) is 1.87. The van der Waals surface area contributed by atoms with Crippen molar-refractivity contribution in [2.24, 2.45) is 13.0 Å². The molecule has 1 amide bonds. The normalized spacial score (nSPS) is 16.8. The molecular weight excluding hydrogens is 342 g/mol. The molecule has 0 radical (unpaired) electrons. The SMILES string of the molecule is Cn1ccnc1[C@H](O)C1CCN(C(=O)Cc2ccc(O)c(Cl)c2)CC1. The van der Waals surface area contributed by atoms with Gasteiger partial charge in [0.1, 0.15) is 17.7 Å². The fourth-order valence-electron chi connectivity index (χ4n) is 3.28. The van der Waals surface area contributed by atoms with Gasteiger partial charge in [-0.15, -0.1) is 0 Å². The third kappa shape index (κ3) is 3.96. The van der Waals surface area contributed by atoms with Gasteiger partial charge in [-0.05, 0) is 36.5 Å². The number of rotatable bonds is 4. The van der Waals surface area contributed by atoms with Crippen LogP contribution in [0.3, 0.4) is 0 Å². The smallest absolute Gasteiger partial charge is 0.226 e. The number of aromatic nitrogens is 2. The summed E-state index contributed by atoms with van der Waals surface area (Å²) < 4.78 is 1.83. The molecular formula is C18H22ClN3O3. The molecule has 3 rings (SSSR count). The van der Waals surface area contributed by atoms with Crippen LogP contribution in [-0.2, 0) is 18.3 Å². The molecule has 0 aliphatic carbocycles. The van der Waals surface area contributed by atoms with Crippen molar-refractivity contribution in [2.75, 3.05) is 13.1 Å². The van der Waals surface area contributed by atoms with Gasteiger partial charge in [0.05, 0.1) is 11.4 Å². The molecule has 2 aromatic rings. The first-order valence-electron chi connectivity index (χ1n) is 8.36. The molecule has 2 heterocycles. The Bertz CT molecular complexity index is 754. The minimum atomic E-state index is -0.604. The maximum Gasteiger partial charge on any atom is 0.226 e. The van der Waals surface area contributed by atoms with Gasteiger partial charge < -0.3 is 19.7 Å². The number of aryl methyl sites for hydroxylation is 1. The Morgan fingerprint density at radius 3 is 2.72 bits per heavy atom. The van der Waals surface area contributed by atoms with Crippen molar-refractivity contribution in [1.29, 1.82) is 0 Å². The van der Waals surface area contributed by atoms with Crippen LogP contribution in [0.15, 0.2) is 30.6 Å². The van der Waals surface area contributed by atoms with Crippen molar-refractivity contribution in [3.8, 4) is 5.75 Å². The third-order valence-electron chi connectivity index (χ3n) is 4.83. The first-order chi connectivity index (χ1) is 12.0. The zero-order valence-corrected chi connectivity index (χ0v) is 14.9. The van der Waals surface area contributed by atoms with E-state index in [2.05, 4.69) is 4.98 Å². The van der Waals surface area contributed by atoms with Gasteiger partial charge in [0, 0.05) is 32.5 Å². The molecule has 0 saturated carbocycles. The van der Waals surface area contributed by atoms with Crippen LogP contribution < -0.4 is 0 Å². The number of benzene rings is 1. The van der Waals surface area contributed by atoms with E-state index in [-0.39, 0.29) is 29.0 Å². The minimum Gasteiger partial charge on any atom is -0.506 e. The Morgan fingerprint density at radius 2 is 2.12 bits per heavy atom. The van der Waals surface area contributed by atoms with E-state index in [0.29, 0.717) is 18.9 Å². The Morgan fingerprint density at radius 1 is 1.40 bits per heavy atom. The van der Waals surface area contributed by atoms with Gasteiger partial charge in [-0.3, -0.25) is 4.79 Å². The summed E-state index contributed by atoms with van der Waals surface area (Å²) in [6.07, 6.45) is 4.65. The summed E-state index contributed by atoms with van der Waals surface area (Å²) in [4.78, 5) is 18.5. The molecule has 1 saturated heterocycles. The Hall–Kier alpha value is -2.05. The molecule has 134 valence electrons. The number of halogens is 1. The van der Waals surface area contributed by atoms with Gasteiger partial charge in [-0.1, -0.05) is 17.7 Å². The van der Waals surface area contributed by atoms with Crippen molar-refractivity contribution in [3.05, 3.63) is 47.0 Å². The van der Waals surface area contributed by atoms with Crippen LogP contribution in [0.25, 0.3) is 0 Å². The molecule has 1 aliphatic heterocycles. The highest BCUT2D eigenvalue weighted by molar-refractivity contribution is 6.32. The molecule has 0 spiro atoms. The molecule has 25 heavy (non-hydrogen) atoms. The Kier molecular flexibility index (Phi) is 5.30. The van der Waals surface area contributed by atoms with Crippen LogP contribution in [0.1, 0.15) is 30.3 Å². The maximum absolute atomic E-state index is 12.5. The lowest BCUT2D eigenvalue weighted by Gasteiger charge is -2.34. The Labute approximate surface area is 151 Å². The second-order valence-corrected chi connectivity index (χ2v) is 6.93. The monoisotopic (exact) mass is 363 g/mol. The number of phenolic OH excluding ortho intramolecular Hbond substituents is 1. The number of carbonyl (C=O) groups is 1. The maximum atomic E-state index is 12.5. The molecule has 1 aliphatic rings. The van der Waals surface area contributed by atoms with Crippen LogP contribution in [0, 0.1) is 5.92 Å². The highest BCUT2D eigenvalue weighted by atomic mass is 35.5. The van der Waals surface area contributed by atoms with Gasteiger partial charge in [0.15, 0.2) is 0 Å². The molecule has 0 bridgehead atoms. The molecule has 2 N–H and O–H groups in total. The first-order valence-corrected chi connectivity index (χ1v) is 8.74. The number of nitrogens with zero attached hydrogens (tertiary/aromatic N) is 3. The van der Waals surface area contributed by atoms with Crippen molar-refractivity contribution in [1.82, 2.24) is 14.5 Å². The summed E-state index contributed by atoms with van der Waals surface area (Å²) in [5, 5.41) is 20.2. The number of hydrogen-bond donors (Lipinski definition) is 2. The zero-order chi connectivity index (χ0) is 18.0. The minimum absolute atomic E-state index is 0.0157. The average molecular weight is 364 g/mol. The number of phenols is 1. The predicted molar refractivity (Wildman–Crippen MR) is 94.3 cm³/mol. The van der Waals surface area contributed by atoms with Gasteiger partial charge in [-0.2, -0.15) is 0 Å². The summed E-state index contributed by atoms with van der Waals surface area (Å²) >= 11 is 5.89. The number of aromatic hydroxyl groups is 1. The molecule has 6 nitrogen and oxygen atoms in total. The topological polar surface area (TPSA) is 78.6 Å². The number of piperidine rings is 1. The Balaban J connectivity index is 1.55. The summed E-state index contributed by atoms with van der Waals surface area (Å²) in [5.74, 6) is 0.824. The number of carbonyl (C=O) groups excluding carboxylic acids is 1. The average Bonchev–Trinajstić information content (AvgIpc) is 3.03. The van der Waals surface area contributed by atoms with Crippen molar-refractivity contribution >= 4 is 17.5 Å². The van der Waals surface area contributed by atoms with E-state index in [1.54, 1.807) is 18.3 Å². The van der Waals surface area contributed by atoms with Crippen LogP contribution in [-0.4, -0.2) is 43.7 Å². The zero-order valence-electron chi connectivity index (χ0n) is 14.1. The summed E-state index contributed by atoms with van der Waals surface area (Å²) in [6, 6.07) is 4.82. The van der Waals surface area contributed by atoms with Crippen LogP contribution in [0.4, 0.5) is 0 Å². The number of likely N-dealkylation sites (tertiary alicyclic amines) is 1. The van der Waals surface area contributed by atoms with Crippen LogP contribution >= 0.6 is 11.6 Å². The predicted octanol–water partition coefficient (Wildman–Crippen LogP) is 2.29. The van der Waals surface area contributed by atoms with Crippen LogP contribution in [0.5, 0.6) is 5.75 Å². The number of hydrogen-bond acceptors (Lipinski definition) is 4. The van der Waals surface area contributed by atoms with Crippen molar-refractivity contribution in [2.45, 2.75) is 25.4 Å². The van der Waals surface area contributed by atoms with Gasteiger partial charge in [0.2, 0.25) is 5.91 Å². The van der Waals surface area contributed by atoms with E-state index in [0.717, 1.165) is 18.4 Å².